The van der Waals surface area contributed by atoms with Gasteiger partial charge in [-0.25, -0.2) is 4.79 Å². The van der Waals surface area contributed by atoms with Crippen LogP contribution in [0.25, 0.3) is 10.9 Å². The first-order valence-electron chi connectivity index (χ1n) is 5.21. The Balaban J connectivity index is 2.27. The molecule has 0 spiro atoms. The minimum Gasteiger partial charge on any atom is -0.409 e. The Kier molecular flexibility index (Phi) is 2.81. The van der Waals surface area contributed by atoms with Crippen molar-refractivity contribution in [2.75, 3.05) is 13.6 Å². The average Bonchev–Trinajstić information content (AvgIpc) is 2.77. The number of carbonyl (C=O) groups excluding carboxylic acids is 1. The molecule has 1 N–H and O–H groups in total. The van der Waals surface area contributed by atoms with Gasteiger partial charge in [0.1, 0.15) is 5.75 Å². The fourth-order valence-electron chi connectivity index (χ4n) is 1.45. The van der Waals surface area contributed by atoms with Crippen molar-refractivity contribution in [1.82, 2.24) is 9.88 Å². The molecule has 1 amide bonds. The van der Waals surface area contributed by atoms with Gasteiger partial charge in [-0.2, -0.15) is 0 Å². The summed E-state index contributed by atoms with van der Waals surface area (Å²) in [7, 11) is 1.71. The molecule has 0 radical (unpaired) electrons. The van der Waals surface area contributed by atoms with Gasteiger partial charge in [-0.15, -0.1) is 0 Å². The molecule has 0 saturated heterocycles. The number of rotatable bonds is 2. The zero-order valence-electron chi connectivity index (χ0n) is 9.36. The van der Waals surface area contributed by atoms with Crippen LogP contribution in [0.3, 0.4) is 0 Å². The number of fused-ring (bicyclic) bond motifs is 1. The third-order valence-corrected chi connectivity index (χ3v) is 2.54. The predicted octanol–water partition coefficient (Wildman–Crippen LogP) is 2.62. The van der Waals surface area contributed by atoms with Crippen LogP contribution in [0, 0.1) is 0 Å². The number of aromatic nitrogens is 1. The standard InChI is InChI=1S/C12H14N2O2/c1-3-14(2)12(15)16-11-6-4-5-10-9(11)7-8-13-10/h4-8,13H,3H2,1-2H3. The van der Waals surface area contributed by atoms with E-state index in [9.17, 15) is 4.79 Å². The molecule has 0 saturated carbocycles. The molecule has 1 aromatic heterocycles. The third-order valence-electron chi connectivity index (χ3n) is 2.54. The summed E-state index contributed by atoms with van der Waals surface area (Å²) < 4.78 is 5.31. The zero-order chi connectivity index (χ0) is 11.5. The van der Waals surface area contributed by atoms with Gasteiger partial charge in [0.25, 0.3) is 0 Å². The highest BCUT2D eigenvalue weighted by Crippen LogP contribution is 2.24. The fourth-order valence-corrected chi connectivity index (χ4v) is 1.45. The molecule has 16 heavy (non-hydrogen) atoms. The summed E-state index contributed by atoms with van der Waals surface area (Å²) in [6.45, 7) is 2.53. The van der Waals surface area contributed by atoms with Crippen LogP contribution in [-0.2, 0) is 0 Å². The first-order valence-corrected chi connectivity index (χ1v) is 5.21. The fraction of sp³-hybridized carbons (Fsp3) is 0.250. The first kappa shape index (κ1) is 10.5. The zero-order valence-corrected chi connectivity index (χ0v) is 9.36. The van der Waals surface area contributed by atoms with Crippen LogP contribution in [0.1, 0.15) is 6.92 Å². The number of hydrogen-bond acceptors (Lipinski definition) is 2. The van der Waals surface area contributed by atoms with Crippen LogP contribution in [0.15, 0.2) is 30.5 Å². The molecule has 1 heterocycles. The molecule has 2 rings (SSSR count). The van der Waals surface area contributed by atoms with Crippen molar-refractivity contribution in [2.24, 2.45) is 0 Å². The molecule has 84 valence electrons. The van der Waals surface area contributed by atoms with Crippen molar-refractivity contribution in [2.45, 2.75) is 6.92 Å². The Labute approximate surface area is 93.8 Å². The third kappa shape index (κ3) is 1.86. The Morgan fingerprint density at radius 3 is 3.00 bits per heavy atom. The molecule has 0 unspecified atom stereocenters. The van der Waals surface area contributed by atoms with E-state index in [4.69, 9.17) is 4.74 Å². The van der Waals surface area contributed by atoms with Crippen molar-refractivity contribution < 1.29 is 9.53 Å². The van der Waals surface area contributed by atoms with E-state index in [1.165, 1.54) is 4.90 Å². The van der Waals surface area contributed by atoms with Gasteiger partial charge in [0.2, 0.25) is 0 Å². The Morgan fingerprint density at radius 2 is 2.25 bits per heavy atom. The number of aromatic amines is 1. The van der Waals surface area contributed by atoms with Gasteiger partial charge in [0.15, 0.2) is 0 Å². The SMILES string of the molecule is CCN(C)C(=O)Oc1cccc2[nH]ccc12. The van der Waals surface area contributed by atoms with E-state index in [1.807, 2.05) is 31.3 Å². The Morgan fingerprint density at radius 1 is 1.44 bits per heavy atom. The van der Waals surface area contributed by atoms with Gasteiger partial charge in [0, 0.05) is 30.7 Å². The van der Waals surface area contributed by atoms with E-state index in [0.717, 1.165) is 10.9 Å². The highest BCUT2D eigenvalue weighted by molar-refractivity contribution is 5.88. The van der Waals surface area contributed by atoms with Crippen molar-refractivity contribution in [3.63, 3.8) is 0 Å². The van der Waals surface area contributed by atoms with E-state index < -0.39 is 0 Å². The van der Waals surface area contributed by atoms with Crippen LogP contribution < -0.4 is 4.74 Å². The smallest absolute Gasteiger partial charge is 0.409 e. The van der Waals surface area contributed by atoms with E-state index in [2.05, 4.69) is 4.98 Å². The van der Waals surface area contributed by atoms with Crippen molar-refractivity contribution in [1.29, 1.82) is 0 Å². The summed E-state index contributed by atoms with van der Waals surface area (Å²) in [5, 5.41) is 0.917. The maximum absolute atomic E-state index is 11.6. The molecule has 1 aromatic carbocycles. The largest absolute Gasteiger partial charge is 0.414 e. The lowest BCUT2D eigenvalue weighted by atomic mass is 10.2. The first-order chi connectivity index (χ1) is 7.72. The van der Waals surface area contributed by atoms with Crippen molar-refractivity contribution in [3.05, 3.63) is 30.5 Å². The topological polar surface area (TPSA) is 45.3 Å². The molecule has 0 atom stereocenters. The molecule has 0 bridgehead atoms. The van der Waals surface area contributed by atoms with Crippen LogP contribution in [0.4, 0.5) is 4.79 Å². The summed E-state index contributed by atoms with van der Waals surface area (Å²) in [5.74, 6) is 0.587. The van der Waals surface area contributed by atoms with Crippen LogP contribution in [0.5, 0.6) is 5.75 Å². The lowest BCUT2D eigenvalue weighted by Crippen LogP contribution is -2.29. The van der Waals surface area contributed by atoms with E-state index in [-0.39, 0.29) is 6.09 Å². The van der Waals surface area contributed by atoms with Crippen molar-refractivity contribution >= 4 is 17.0 Å². The van der Waals surface area contributed by atoms with Crippen LogP contribution >= 0.6 is 0 Å². The second-order valence-electron chi connectivity index (χ2n) is 3.58. The molecule has 0 aliphatic rings. The molecule has 4 heteroatoms. The second kappa shape index (κ2) is 4.26. The Hall–Kier alpha value is -1.97. The predicted molar refractivity (Wildman–Crippen MR) is 62.6 cm³/mol. The second-order valence-corrected chi connectivity index (χ2v) is 3.58. The molecule has 2 aromatic rings. The van der Waals surface area contributed by atoms with Crippen LogP contribution in [-0.4, -0.2) is 29.6 Å². The van der Waals surface area contributed by atoms with Gasteiger partial charge < -0.3 is 14.6 Å². The quantitative estimate of drug-likeness (QED) is 0.842. The van der Waals surface area contributed by atoms with E-state index in [0.29, 0.717) is 12.3 Å². The number of carbonyl (C=O) groups is 1. The van der Waals surface area contributed by atoms with Gasteiger partial charge in [0.05, 0.1) is 0 Å². The minimum atomic E-state index is -0.337. The number of amides is 1. The molecular formula is C12H14N2O2. The number of ether oxygens (including phenoxy) is 1. The van der Waals surface area contributed by atoms with Gasteiger partial charge >= 0.3 is 6.09 Å². The average molecular weight is 218 g/mol. The normalized spacial score (nSPS) is 10.4. The van der Waals surface area contributed by atoms with Gasteiger partial charge in [-0.1, -0.05) is 6.07 Å². The van der Waals surface area contributed by atoms with Crippen molar-refractivity contribution in [3.8, 4) is 5.75 Å². The number of nitrogens with zero attached hydrogens (tertiary/aromatic N) is 1. The summed E-state index contributed by atoms with van der Waals surface area (Å²) in [4.78, 5) is 16.2. The molecular weight excluding hydrogens is 204 g/mol. The summed E-state index contributed by atoms with van der Waals surface area (Å²) in [6.07, 6.45) is 1.49. The van der Waals surface area contributed by atoms with Gasteiger partial charge in [-0.05, 0) is 25.1 Å². The summed E-state index contributed by atoms with van der Waals surface area (Å²) in [5.41, 5.74) is 0.962. The summed E-state index contributed by atoms with van der Waals surface area (Å²) in [6, 6.07) is 7.48. The lowest BCUT2D eigenvalue weighted by Gasteiger charge is -2.14. The highest BCUT2D eigenvalue weighted by Gasteiger charge is 2.11. The molecule has 0 aliphatic carbocycles. The number of hydrogen-bond donors (Lipinski definition) is 1. The Bertz CT molecular complexity index is 504. The molecule has 4 nitrogen and oxygen atoms in total. The monoisotopic (exact) mass is 218 g/mol. The van der Waals surface area contributed by atoms with Gasteiger partial charge in [-0.3, -0.25) is 0 Å². The maximum atomic E-state index is 11.6. The van der Waals surface area contributed by atoms with E-state index >= 15 is 0 Å². The molecule has 0 aliphatic heterocycles. The maximum Gasteiger partial charge on any atom is 0.414 e. The number of H-pyrrole nitrogens is 1. The van der Waals surface area contributed by atoms with E-state index in [1.54, 1.807) is 13.1 Å². The minimum absolute atomic E-state index is 0.337. The number of benzene rings is 1. The molecule has 0 fully saturated rings. The highest BCUT2D eigenvalue weighted by atomic mass is 16.6. The number of nitrogens with one attached hydrogen (secondary N) is 1. The van der Waals surface area contributed by atoms with Crippen LogP contribution in [0.2, 0.25) is 0 Å². The summed E-state index contributed by atoms with van der Waals surface area (Å²) >= 11 is 0. The lowest BCUT2D eigenvalue weighted by molar-refractivity contribution is 0.166.